The lowest BCUT2D eigenvalue weighted by Gasteiger charge is -2.22. The number of hydrogen-bond donors (Lipinski definition) is 2. The SMILES string of the molecule is O=C(NCc1nncn1-c1ccccc1)c1ccn(C2CCCNC2)n1. The Hall–Kier alpha value is -3.00. The van der Waals surface area contributed by atoms with E-state index in [9.17, 15) is 4.79 Å². The standard InChI is InChI=1S/C18H21N7O/c26-18(16-8-10-25(23-16)15-7-4-9-19-11-15)20-12-17-22-21-13-24(17)14-5-2-1-3-6-14/h1-3,5-6,8,10,13,15,19H,4,7,9,11-12H2,(H,20,26). The Morgan fingerprint density at radius 2 is 2.15 bits per heavy atom. The van der Waals surface area contributed by atoms with Gasteiger partial charge in [0.25, 0.3) is 5.91 Å². The van der Waals surface area contributed by atoms with Crippen molar-refractivity contribution in [3.05, 3.63) is 60.4 Å². The second kappa shape index (κ2) is 7.49. The third-order valence-electron chi connectivity index (χ3n) is 4.55. The molecule has 3 aromatic rings. The van der Waals surface area contributed by atoms with E-state index in [2.05, 4.69) is 25.9 Å². The van der Waals surface area contributed by atoms with Gasteiger partial charge in [0.1, 0.15) is 12.0 Å². The van der Waals surface area contributed by atoms with E-state index >= 15 is 0 Å². The van der Waals surface area contributed by atoms with E-state index in [1.807, 2.05) is 45.8 Å². The molecule has 134 valence electrons. The first-order chi connectivity index (χ1) is 12.8. The molecule has 1 aliphatic heterocycles. The number of amides is 1. The van der Waals surface area contributed by atoms with Gasteiger partial charge in [-0.05, 0) is 37.6 Å². The highest BCUT2D eigenvalue weighted by Crippen LogP contribution is 2.15. The molecular weight excluding hydrogens is 330 g/mol. The number of benzene rings is 1. The van der Waals surface area contributed by atoms with Crippen molar-refractivity contribution in [1.82, 2.24) is 35.2 Å². The van der Waals surface area contributed by atoms with Crippen LogP contribution < -0.4 is 10.6 Å². The summed E-state index contributed by atoms with van der Waals surface area (Å²) in [6.07, 6.45) is 5.72. The normalized spacial score (nSPS) is 17.2. The van der Waals surface area contributed by atoms with Crippen LogP contribution in [-0.2, 0) is 6.54 Å². The first-order valence-electron chi connectivity index (χ1n) is 8.79. The van der Waals surface area contributed by atoms with Gasteiger partial charge in [-0.2, -0.15) is 5.10 Å². The number of nitrogens with one attached hydrogen (secondary N) is 2. The summed E-state index contributed by atoms with van der Waals surface area (Å²) in [6, 6.07) is 11.9. The predicted molar refractivity (Wildman–Crippen MR) is 95.9 cm³/mol. The van der Waals surface area contributed by atoms with Gasteiger partial charge in [-0.3, -0.25) is 14.0 Å². The molecule has 1 amide bonds. The Bertz CT molecular complexity index is 865. The summed E-state index contributed by atoms with van der Waals surface area (Å²) < 4.78 is 3.74. The van der Waals surface area contributed by atoms with Crippen LogP contribution in [0.3, 0.4) is 0 Å². The average Bonchev–Trinajstić information content (AvgIpc) is 3.37. The number of carbonyl (C=O) groups excluding carboxylic acids is 1. The summed E-state index contributed by atoms with van der Waals surface area (Å²) in [7, 11) is 0. The summed E-state index contributed by atoms with van der Waals surface area (Å²) >= 11 is 0. The van der Waals surface area contributed by atoms with E-state index < -0.39 is 0 Å². The topological polar surface area (TPSA) is 89.7 Å². The molecule has 1 saturated heterocycles. The maximum Gasteiger partial charge on any atom is 0.272 e. The van der Waals surface area contributed by atoms with Crippen molar-refractivity contribution in [1.29, 1.82) is 0 Å². The molecular formula is C18H21N7O. The molecule has 8 nitrogen and oxygen atoms in total. The lowest BCUT2D eigenvalue weighted by molar-refractivity contribution is 0.0943. The van der Waals surface area contributed by atoms with E-state index in [0.29, 0.717) is 17.6 Å². The monoisotopic (exact) mass is 351 g/mol. The van der Waals surface area contributed by atoms with Crippen LogP contribution in [0.5, 0.6) is 0 Å². The Labute approximate surface area is 151 Å². The molecule has 1 aliphatic rings. The lowest BCUT2D eigenvalue weighted by atomic mass is 10.1. The van der Waals surface area contributed by atoms with Crippen LogP contribution in [0, 0.1) is 0 Å². The van der Waals surface area contributed by atoms with Crippen molar-refractivity contribution in [3.8, 4) is 5.69 Å². The maximum absolute atomic E-state index is 12.4. The fraction of sp³-hybridized carbons (Fsp3) is 0.333. The van der Waals surface area contributed by atoms with E-state index in [1.54, 1.807) is 12.4 Å². The van der Waals surface area contributed by atoms with Gasteiger partial charge in [0.2, 0.25) is 0 Å². The number of nitrogens with zero attached hydrogens (tertiary/aromatic N) is 5. The molecule has 0 spiro atoms. The van der Waals surface area contributed by atoms with Gasteiger partial charge in [-0.25, -0.2) is 0 Å². The van der Waals surface area contributed by atoms with Crippen LogP contribution in [-0.4, -0.2) is 43.5 Å². The lowest BCUT2D eigenvalue weighted by Crippen LogP contribution is -2.32. The molecule has 1 atom stereocenters. The number of carbonyl (C=O) groups is 1. The number of hydrogen-bond acceptors (Lipinski definition) is 5. The fourth-order valence-electron chi connectivity index (χ4n) is 3.16. The smallest absolute Gasteiger partial charge is 0.272 e. The number of aromatic nitrogens is 5. The molecule has 2 aromatic heterocycles. The predicted octanol–water partition coefficient (Wildman–Crippen LogP) is 1.32. The zero-order valence-corrected chi connectivity index (χ0v) is 14.4. The molecule has 0 radical (unpaired) electrons. The fourth-order valence-corrected chi connectivity index (χ4v) is 3.16. The van der Waals surface area contributed by atoms with Crippen LogP contribution in [0.25, 0.3) is 5.69 Å². The second-order valence-corrected chi connectivity index (χ2v) is 6.32. The highest BCUT2D eigenvalue weighted by atomic mass is 16.1. The summed E-state index contributed by atoms with van der Waals surface area (Å²) in [5.41, 5.74) is 1.37. The van der Waals surface area contributed by atoms with E-state index in [4.69, 9.17) is 0 Å². The second-order valence-electron chi connectivity index (χ2n) is 6.32. The Morgan fingerprint density at radius 3 is 2.96 bits per heavy atom. The minimum Gasteiger partial charge on any atom is -0.343 e. The Kier molecular flexibility index (Phi) is 4.74. The third kappa shape index (κ3) is 3.50. The first kappa shape index (κ1) is 16.5. The van der Waals surface area contributed by atoms with Crippen molar-refractivity contribution in [2.24, 2.45) is 0 Å². The van der Waals surface area contributed by atoms with Crippen LogP contribution in [0.1, 0.15) is 35.2 Å². The zero-order valence-electron chi connectivity index (χ0n) is 14.4. The quantitative estimate of drug-likeness (QED) is 0.724. The summed E-state index contributed by atoms with van der Waals surface area (Å²) in [6.45, 7) is 2.22. The van der Waals surface area contributed by atoms with E-state index in [1.165, 1.54) is 0 Å². The van der Waals surface area contributed by atoms with Crippen molar-refractivity contribution in [2.75, 3.05) is 13.1 Å². The van der Waals surface area contributed by atoms with Gasteiger partial charge in [0.05, 0.1) is 12.6 Å². The zero-order chi connectivity index (χ0) is 17.8. The minimum absolute atomic E-state index is 0.213. The van der Waals surface area contributed by atoms with Gasteiger partial charge in [0.15, 0.2) is 5.82 Å². The third-order valence-corrected chi connectivity index (χ3v) is 4.55. The van der Waals surface area contributed by atoms with Crippen LogP contribution >= 0.6 is 0 Å². The Morgan fingerprint density at radius 1 is 1.27 bits per heavy atom. The number of para-hydroxylation sites is 1. The Balaban J connectivity index is 1.41. The van der Waals surface area contributed by atoms with Crippen molar-refractivity contribution >= 4 is 5.91 Å². The summed E-state index contributed by atoms with van der Waals surface area (Å²) in [5.74, 6) is 0.454. The minimum atomic E-state index is -0.213. The number of rotatable bonds is 5. The highest BCUT2D eigenvalue weighted by molar-refractivity contribution is 5.92. The van der Waals surface area contributed by atoms with Crippen molar-refractivity contribution in [2.45, 2.75) is 25.4 Å². The summed E-state index contributed by atoms with van der Waals surface area (Å²) in [5, 5.41) is 18.7. The number of piperidine rings is 1. The first-order valence-corrected chi connectivity index (χ1v) is 8.79. The molecule has 4 rings (SSSR count). The summed E-state index contributed by atoms with van der Waals surface area (Å²) in [4.78, 5) is 12.4. The maximum atomic E-state index is 12.4. The molecule has 0 aliphatic carbocycles. The van der Waals surface area contributed by atoms with Gasteiger partial charge in [-0.1, -0.05) is 18.2 Å². The van der Waals surface area contributed by atoms with Gasteiger partial charge < -0.3 is 10.6 Å². The van der Waals surface area contributed by atoms with Crippen molar-refractivity contribution in [3.63, 3.8) is 0 Å². The molecule has 1 aromatic carbocycles. The van der Waals surface area contributed by atoms with E-state index in [0.717, 1.165) is 31.6 Å². The molecule has 8 heteroatoms. The molecule has 1 unspecified atom stereocenters. The molecule has 0 saturated carbocycles. The molecule has 3 heterocycles. The van der Waals surface area contributed by atoms with Gasteiger partial charge in [-0.15, -0.1) is 10.2 Å². The van der Waals surface area contributed by atoms with Gasteiger partial charge in [0, 0.05) is 18.4 Å². The molecule has 2 N–H and O–H groups in total. The van der Waals surface area contributed by atoms with E-state index in [-0.39, 0.29) is 12.5 Å². The average molecular weight is 351 g/mol. The van der Waals surface area contributed by atoms with Crippen LogP contribution in [0.15, 0.2) is 48.9 Å². The van der Waals surface area contributed by atoms with Crippen LogP contribution in [0.4, 0.5) is 0 Å². The van der Waals surface area contributed by atoms with Crippen molar-refractivity contribution < 1.29 is 4.79 Å². The van der Waals surface area contributed by atoms with Crippen LogP contribution in [0.2, 0.25) is 0 Å². The molecule has 0 bridgehead atoms. The molecule has 26 heavy (non-hydrogen) atoms. The van der Waals surface area contributed by atoms with Gasteiger partial charge >= 0.3 is 0 Å². The highest BCUT2D eigenvalue weighted by Gasteiger charge is 2.18. The largest absolute Gasteiger partial charge is 0.343 e. The molecule has 1 fully saturated rings.